The van der Waals surface area contributed by atoms with Gasteiger partial charge in [0.2, 0.25) is 5.91 Å². The third kappa shape index (κ3) is 3.32. The first kappa shape index (κ1) is 13.1. The van der Waals surface area contributed by atoms with E-state index in [1.165, 1.54) is 0 Å². The van der Waals surface area contributed by atoms with E-state index < -0.39 is 0 Å². The van der Waals surface area contributed by atoms with Crippen molar-refractivity contribution >= 4 is 5.91 Å². The zero-order valence-electron chi connectivity index (χ0n) is 10.9. The third-order valence-electron chi connectivity index (χ3n) is 3.34. The van der Waals surface area contributed by atoms with Crippen LogP contribution in [-0.2, 0) is 9.53 Å². The molecule has 2 rings (SSSR count). The lowest BCUT2D eigenvalue weighted by Crippen LogP contribution is -2.39. The van der Waals surface area contributed by atoms with Gasteiger partial charge in [-0.1, -0.05) is 0 Å². The summed E-state index contributed by atoms with van der Waals surface area (Å²) in [5, 5.41) is 0. The first-order valence-electron chi connectivity index (χ1n) is 6.66. The summed E-state index contributed by atoms with van der Waals surface area (Å²) in [7, 11) is 0. The molecule has 5 nitrogen and oxygen atoms in total. The van der Waals surface area contributed by atoms with Crippen LogP contribution in [0.4, 0.5) is 0 Å². The highest BCUT2D eigenvalue weighted by Gasteiger charge is 2.25. The lowest BCUT2D eigenvalue weighted by molar-refractivity contribution is -0.133. The Bertz CT molecular complexity index is 364. The van der Waals surface area contributed by atoms with E-state index in [9.17, 15) is 4.79 Å². The highest BCUT2D eigenvalue weighted by atomic mass is 16.5. The Balaban J connectivity index is 1.84. The maximum absolute atomic E-state index is 12.0. The second-order valence-electron chi connectivity index (χ2n) is 4.60. The van der Waals surface area contributed by atoms with Crippen LogP contribution in [0.2, 0.25) is 0 Å². The molecule has 18 heavy (non-hydrogen) atoms. The second-order valence-corrected chi connectivity index (χ2v) is 4.60. The number of piperidine rings is 1. The number of amides is 1. The molecule has 0 bridgehead atoms. The van der Waals surface area contributed by atoms with Gasteiger partial charge in [0.15, 0.2) is 0 Å². The van der Waals surface area contributed by atoms with Gasteiger partial charge in [-0.3, -0.25) is 4.79 Å². The van der Waals surface area contributed by atoms with Crippen molar-refractivity contribution in [2.45, 2.75) is 32.1 Å². The van der Waals surface area contributed by atoms with Crippen LogP contribution in [0.5, 0.6) is 0 Å². The number of H-pyrrole nitrogens is 1. The highest BCUT2D eigenvalue weighted by Crippen LogP contribution is 2.24. The summed E-state index contributed by atoms with van der Waals surface area (Å²) in [4.78, 5) is 21.4. The van der Waals surface area contributed by atoms with Gasteiger partial charge in [0.25, 0.3) is 0 Å². The first-order chi connectivity index (χ1) is 8.81. The normalized spacial score (nSPS) is 20.1. The maximum Gasteiger partial charge on any atom is 0.224 e. The Labute approximate surface area is 108 Å². The van der Waals surface area contributed by atoms with E-state index in [1.807, 2.05) is 18.0 Å². The van der Waals surface area contributed by atoms with Crippen molar-refractivity contribution < 1.29 is 9.53 Å². The Morgan fingerprint density at radius 1 is 1.67 bits per heavy atom. The molecule has 0 spiro atoms. The molecule has 0 saturated carbocycles. The predicted molar refractivity (Wildman–Crippen MR) is 68.3 cm³/mol. The minimum absolute atomic E-state index is 0.194. The lowest BCUT2D eigenvalue weighted by atomic mass is 9.97. The minimum atomic E-state index is 0.194. The van der Waals surface area contributed by atoms with Gasteiger partial charge < -0.3 is 14.6 Å². The number of carbonyl (C=O) groups is 1. The molecule has 0 aliphatic carbocycles. The molecule has 0 aromatic carbocycles. The van der Waals surface area contributed by atoms with Crippen molar-refractivity contribution in [2.75, 3.05) is 26.3 Å². The van der Waals surface area contributed by atoms with Crippen LogP contribution in [0, 0.1) is 0 Å². The molecule has 1 atom stereocenters. The second kappa shape index (κ2) is 6.54. The molecule has 1 unspecified atom stereocenters. The van der Waals surface area contributed by atoms with Crippen LogP contribution in [0.25, 0.3) is 0 Å². The van der Waals surface area contributed by atoms with Crippen molar-refractivity contribution in [2.24, 2.45) is 0 Å². The molecule has 1 aliphatic rings. The predicted octanol–water partition coefficient (Wildman–Crippen LogP) is 1.54. The van der Waals surface area contributed by atoms with E-state index in [2.05, 4.69) is 9.97 Å². The van der Waals surface area contributed by atoms with Gasteiger partial charge in [0.1, 0.15) is 5.82 Å². The molecular weight excluding hydrogens is 230 g/mol. The van der Waals surface area contributed by atoms with Gasteiger partial charge >= 0.3 is 0 Å². The van der Waals surface area contributed by atoms with Gasteiger partial charge in [-0.15, -0.1) is 0 Å². The number of hydrogen-bond acceptors (Lipinski definition) is 3. The topological polar surface area (TPSA) is 58.2 Å². The van der Waals surface area contributed by atoms with E-state index in [4.69, 9.17) is 4.74 Å². The third-order valence-corrected chi connectivity index (χ3v) is 3.34. The Morgan fingerprint density at radius 3 is 3.28 bits per heavy atom. The Morgan fingerprint density at radius 2 is 2.56 bits per heavy atom. The van der Waals surface area contributed by atoms with E-state index in [0.29, 0.717) is 25.6 Å². The van der Waals surface area contributed by atoms with E-state index >= 15 is 0 Å². The van der Waals surface area contributed by atoms with Crippen LogP contribution in [0.15, 0.2) is 12.4 Å². The summed E-state index contributed by atoms with van der Waals surface area (Å²) in [5.41, 5.74) is 0. The van der Waals surface area contributed by atoms with Gasteiger partial charge in [0.05, 0.1) is 13.0 Å². The number of aromatic nitrogens is 2. The van der Waals surface area contributed by atoms with E-state index in [-0.39, 0.29) is 5.91 Å². The number of nitrogens with one attached hydrogen (secondary N) is 1. The van der Waals surface area contributed by atoms with Crippen LogP contribution in [-0.4, -0.2) is 47.1 Å². The molecule has 1 N–H and O–H groups in total. The van der Waals surface area contributed by atoms with E-state index in [1.54, 1.807) is 6.20 Å². The SMILES string of the molecule is CCOCCC(=O)N1CCCC(c2ncc[nH]2)C1. The van der Waals surface area contributed by atoms with Crippen molar-refractivity contribution in [1.29, 1.82) is 0 Å². The molecule has 1 aromatic heterocycles. The van der Waals surface area contributed by atoms with Crippen LogP contribution >= 0.6 is 0 Å². The number of ether oxygens (including phenoxy) is 1. The summed E-state index contributed by atoms with van der Waals surface area (Å²) in [6.45, 7) is 4.78. The summed E-state index contributed by atoms with van der Waals surface area (Å²) in [6.07, 6.45) is 6.24. The van der Waals surface area contributed by atoms with Gasteiger partial charge in [-0.05, 0) is 19.8 Å². The average Bonchev–Trinajstić information content (AvgIpc) is 2.93. The fourth-order valence-corrected chi connectivity index (χ4v) is 2.39. The zero-order valence-corrected chi connectivity index (χ0v) is 10.9. The molecule has 1 saturated heterocycles. The number of imidazole rings is 1. The monoisotopic (exact) mass is 251 g/mol. The number of hydrogen-bond donors (Lipinski definition) is 1. The Hall–Kier alpha value is -1.36. The Kier molecular flexibility index (Phi) is 4.75. The van der Waals surface area contributed by atoms with Crippen LogP contribution in [0.1, 0.15) is 37.9 Å². The van der Waals surface area contributed by atoms with Crippen molar-refractivity contribution in [1.82, 2.24) is 14.9 Å². The fourth-order valence-electron chi connectivity index (χ4n) is 2.39. The first-order valence-corrected chi connectivity index (χ1v) is 6.66. The highest BCUT2D eigenvalue weighted by molar-refractivity contribution is 5.76. The molecule has 1 aromatic rings. The maximum atomic E-state index is 12.0. The van der Waals surface area contributed by atoms with Gasteiger partial charge in [0, 0.05) is 38.0 Å². The zero-order chi connectivity index (χ0) is 12.8. The quantitative estimate of drug-likeness (QED) is 0.808. The largest absolute Gasteiger partial charge is 0.381 e. The summed E-state index contributed by atoms with van der Waals surface area (Å²) in [5.74, 6) is 1.54. The lowest BCUT2D eigenvalue weighted by Gasteiger charge is -2.32. The van der Waals surface area contributed by atoms with Crippen molar-refractivity contribution in [3.05, 3.63) is 18.2 Å². The number of rotatable bonds is 5. The summed E-state index contributed by atoms with van der Waals surface area (Å²) < 4.78 is 5.23. The number of carbonyl (C=O) groups excluding carboxylic acids is 1. The molecule has 1 aliphatic heterocycles. The van der Waals surface area contributed by atoms with Crippen LogP contribution in [0.3, 0.4) is 0 Å². The van der Waals surface area contributed by atoms with Crippen molar-refractivity contribution in [3.8, 4) is 0 Å². The molecule has 1 amide bonds. The molecule has 100 valence electrons. The summed E-state index contributed by atoms with van der Waals surface area (Å²) in [6, 6.07) is 0. The number of likely N-dealkylation sites (tertiary alicyclic amines) is 1. The number of aromatic amines is 1. The summed E-state index contributed by atoms with van der Waals surface area (Å²) >= 11 is 0. The number of nitrogens with zero attached hydrogens (tertiary/aromatic N) is 2. The molecular formula is C13H21N3O2. The minimum Gasteiger partial charge on any atom is -0.381 e. The molecule has 1 fully saturated rings. The standard InChI is InChI=1S/C13H21N3O2/c1-2-18-9-5-12(17)16-8-3-4-11(10-16)13-14-6-7-15-13/h6-7,11H,2-5,8-10H2,1H3,(H,14,15). The van der Waals surface area contributed by atoms with Crippen LogP contribution < -0.4 is 0 Å². The average molecular weight is 251 g/mol. The molecule has 5 heteroatoms. The fraction of sp³-hybridized carbons (Fsp3) is 0.692. The van der Waals surface area contributed by atoms with E-state index in [0.717, 1.165) is 31.8 Å². The smallest absolute Gasteiger partial charge is 0.224 e. The molecule has 0 radical (unpaired) electrons. The molecule has 2 heterocycles. The van der Waals surface area contributed by atoms with Gasteiger partial charge in [-0.25, -0.2) is 4.98 Å². The van der Waals surface area contributed by atoms with Crippen molar-refractivity contribution in [3.63, 3.8) is 0 Å². The van der Waals surface area contributed by atoms with Gasteiger partial charge in [-0.2, -0.15) is 0 Å².